The van der Waals surface area contributed by atoms with E-state index in [2.05, 4.69) is 9.97 Å². The molecule has 4 aromatic rings. The number of rotatable bonds is 6. The second-order valence-electron chi connectivity index (χ2n) is 7.99. The number of hydrogen-bond acceptors (Lipinski definition) is 8. The van der Waals surface area contributed by atoms with Gasteiger partial charge in [-0.05, 0) is 55.5 Å². The average molecular weight is 536 g/mol. The number of carboxylic acid groups (broad SMARTS) is 1. The van der Waals surface area contributed by atoms with Crippen LogP contribution in [0.2, 0.25) is 5.02 Å². The maximum Gasteiger partial charge on any atom is 0.335 e. The van der Waals surface area contributed by atoms with Gasteiger partial charge in [-0.15, -0.1) is 0 Å². The van der Waals surface area contributed by atoms with E-state index in [1.54, 1.807) is 25.1 Å². The van der Waals surface area contributed by atoms with Crippen molar-refractivity contribution >= 4 is 61.7 Å². The number of ether oxygens (including phenoxy) is 1. The molecule has 0 aliphatic carbocycles. The summed E-state index contributed by atoms with van der Waals surface area (Å²) in [5.74, 6) is -3.00. The molecule has 1 unspecified atom stereocenters. The summed E-state index contributed by atoms with van der Waals surface area (Å²) in [7, 11) is 0. The molecule has 3 heterocycles. The third-order valence-electron chi connectivity index (χ3n) is 5.75. The predicted octanol–water partition coefficient (Wildman–Crippen LogP) is 5.07. The Morgan fingerprint density at radius 3 is 2.59 bits per heavy atom. The second-order valence-corrected chi connectivity index (χ2v) is 9.40. The van der Waals surface area contributed by atoms with Crippen LogP contribution in [-0.4, -0.2) is 44.4 Å². The highest BCUT2D eigenvalue weighted by Gasteiger charge is 2.48. The lowest BCUT2D eigenvalue weighted by Gasteiger charge is -2.22. The predicted molar refractivity (Wildman–Crippen MR) is 138 cm³/mol. The van der Waals surface area contributed by atoms with E-state index in [4.69, 9.17) is 16.3 Å². The summed E-state index contributed by atoms with van der Waals surface area (Å²) in [5, 5.41) is 21.1. The highest BCUT2D eigenvalue weighted by Crippen LogP contribution is 2.44. The van der Waals surface area contributed by atoms with Gasteiger partial charge in [0.2, 0.25) is 0 Å². The molecule has 2 N–H and O–H groups in total. The van der Waals surface area contributed by atoms with Crippen molar-refractivity contribution in [3.63, 3.8) is 0 Å². The number of benzene rings is 2. The minimum absolute atomic E-state index is 0.0684. The summed E-state index contributed by atoms with van der Waals surface area (Å²) >= 11 is 7.24. The first kappa shape index (κ1) is 24.4. The number of fused-ring (bicyclic) bond motifs is 1. The zero-order valence-corrected chi connectivity index (χ0v) is 20.8. The first-order valence-electron chi connectivity index (χ1n) is 11.1. The minimum Gasteiger partial charge on any atom is -0.507 e. The summed E-state index contributed by atoms with van der Waals surface area (Å²) in [6, 6.07) is 12.9. The lowest BCUT2D eigenvalue weighted by molar-refractivity contribution is -0.132. The van der Waals surface area contributed by atoms with Crippen LogP contribution in [0.3, 0.4) is 0 Å². The highest BCUT2D eigenvalue weighted by atomic mass is 35.5. The molecule has 186 valence electrons. The number of pyridine rings is 1. The van der Waals surface area contributed by atoms with Crippen LogP contribution in [0.25, 0.3) is 16.0 Å². The molecule has 11 heteroatoms. The number of amides is 1. The summed E-state index contributed by atoms with van der Waals surface area (Å²) in [6.07, 6.45) is 1.52. The van der Waals surface area contributed by atoms with Crippen molar-refractivity contribution in [1.29, 1.82) is 0 Å². The number of carbonyl (C=O) groups is 3. The molecule has 2 aromatic carbocycles. The molecule has 2 aromatic heterocycles. The number of Topliss-reactive ketones (excluding diaryl/α,β-unsaturated/α-hetero) is 1. The number of aliphatic hydroxyl groups excluding tert-OH is 1. The topological polar surface area (TPSA) is 130 Å². The van der Waals surface area contributed by atoms with Crippen molar-refractivity contribution in [1.82, 2.24) is 9.97 Å². The Morgan fingerprint density at radius 2 is 1.89 bits per heavy atom. The zero-order valence-electron chi connectivity index (χ0n) is 19.2. The summed E-state index contributed by atoms with van der Waals surface area (Å²) in [6.45, 7) is 2.12. The van der Waals surface area contributed by atoms with Crippen molar-refractivity contribution < 1.29 is 29.3 Å². The number of anilines is 1. The molecule has 9 nitrogen and oxygen atoms in total. The number of aliphatic hydroxyl groups is 1. The Bertz CT molecular complexity index is 1600. The van der Waals surface area contributed by atoms with E-state index >= 15 is 0 Å². The average Bonchev–Trinajstić information content (AvgIpc) is 3.43. The van der Waals surface area contributed by atoms with Crippen molar-refractivity contribution in [2.75, 3.05) is 11.5 Å². The SMILES string of the molecule is CCOc1cc(/C(O)=C2\C(=O)C(=O)N(c3nc4ccc(C(=O)O)cc4s3)C2c2ccccn2)ccc1Cl. The maximum absolute atomic E-state index is 13.3. The van der Waals surface area contributed by atoms with E-state index in [0.29, 0.717) is 33.3 Å². The molecule has 1 aliphatic rings. The second kappa shape index (κ2) is 9.64. The van der Waals surface area contributed by atoms with E-state index in [9.17, 15) is 24.6 Å². The number of aromatic carboxylic acids is 1. The molecule has 1 fully saturated rings. The van der Waals surface area contributed by atoms with Crippen LogP contribution in [0.4, 0.5) is 5.13 Å². The molecule has 5 rings (SSSR count). The lowest BCUT2D eigenvalue weighted by atomic mass is 9.98. The summed E-state index contributed by atoms with van der Waals surface area (Å²) < 4.78 is 6.03. The van der Waals surface area contributed by atoms with E-state index in [1.807, 2.05) is 0 Å². The van der Waals surface area contributed by atoms with Crippen molar-refractivity contribution in [3.05, 3.63) is 88.2 Å². The number of carbonyl (C=O) groups excluding carboxylic acids is 2. The Kier molecular flexibility index (Phi) is 6.36. The first-order chi connectivity index (χ1) is 17.8. The molecular formula is C26H18ClN3O6S. The molecular weight excluding hydrogens is 518 g/mol. The van der Waals surface area contributed by atoms with E-state index in [1.165, 1.54) is 47.5 Å². The van der Waals surface area contributed by atoms with Crippen molar-refractivity contribution in [3.8, 4) is 5.75 Å². The van der Waals surface area contributed by atoms with Gasteiger partial charge in [-0.1, -0.05) is 29.0 Å². The molecule has 1 amide bonds. The number of nitrogens with zero attached hydrogens (tertiary/aromatic N) is 3. The Morgan fingerprint density at radius 1 is 1.11 bits per heavy atom. The van der Waals surface area contributed by atoms with E-state index in [0.717, 1.165) is 11.3 Å². The van der Waals surface area contributed by atoms with Gasteiger partial charge in [0.25, 0.3) is 5.78 Å². The molecule has 0 saturated carbocycles. The zero-order chi connectivity index (χ0) is 26.3. The summed E-state index contributed by atoms with van der Waals surface area (Å²) in [4.78, 5) is 48.1. The molecule has 0 radical (unpaired) electrons. The van der Waals surface area contributed by atoms with Gasteiger partial charge in [0.1, 0.15) is 17.6 Å². The summed E-state index contributed by atoms with van der Waals surface area (Å²) in [5.41, 5.74) is 0.943. The Balaban J connectivity index is 1.69. The molecule has 1 aliphatic heterocycles. The molecule has 1 atom stereocenters. The van der Waals surface area contributed by atoms with E-state index < -0.39 is 29.5 Å². The molecule has 1 saturated heterocycles. The molecule has 37 heavy (non-hydrogen) atoms. The van der Waals surface area contributed by atoms with Crippen molar-refractivity contribution in [2.24, 2.45) is 0 Å². The molecule has 0 bridgehead atoms. The standard InChI is InChI=1S/C26H18ClN3O6S/c1-2-36-18-11-13(6-8-15(18)27)22(31)20-21(17-5-3-4-10-28-17)30(24(33)23(20)32)26-29-16-9-7-14(25(34)35)12-19(16)37-26/h3-12,21,31H,2H2,1H3,(H,34,35)/b22-20+. The van der Waals surface area contributed by atoms with Crippen LogP contribution in [0.1, 0.15) is 34.6 Å². The highest BCUT2D eigenvalue weighted by molar-refractivity contribution is 7.22. The normalized spacial score (nSPS) is 16.9. The van der Waals surface area contributed by atoms with Crippen LogP contribution >= 0.6 is 22.9 Å². The smallest absolute Gasteiger partial charge is 0.335 e. The van der Waals surface area contributed by atoms with Gasteiger partial charge in [0.05, 0.1) is 38.7 Å². The fraction of sp³-hybridized carbons (Fsp3) is 0.115. The maximum atomic E-state index is 13.3. The van der Waals surface area contributed by atoms with Crippen LogP contribution < -0.4 is 9.64 Å². The van der Waals surface area contributed by atoms with E-state index in [-0.39, 0.29) is 21.8 Å². The first-order valence-corrected chi connectivity index (χ1v) is 12.3. The van der Waals surface area contributed by atoms with Gasteiger partial charge >= 0.3 is 11.9 Å². The molecule has 0 spiro atoms. The number of carboxylic acids is 1. The monoisotopic (exact) mass is 535 g/mol. The quantitative estimate of drug-likeness (QED) is 0.199. The van der Waals surface area contributed by atoms with Crippen LogP contribution in [-0.2, 0) is 9.59 Å². The number of hydrogen-bond donors (Lipinski definition) is 2. The Labute approximate surface area is 219 Å². The minimum atomic E-state index is -1.10. The largest absolute Gasteiger partial charge is 0.507 e. The van der Waals surface area contributed by atoms with Gasteiger partial charge in [0.15, 0.2) is 5.13 Å². The van der Waals surface area contributed by atoms with Gasteiger partial charge in [-0.25, -0.2) is 9.78 Å². The van der Waals surface area contributed by atoms with Gasteiger partial charge in [-0.2, -0.15) is 0 Å². The van der Waals surface area contributed by atoms with Crippen LogP contribution in [0.15, 0.2) is 66.4 Å². The third-order valence-corrected chi connectivity index (χ3v) is 7.08. The fourth-order valence-corrected chi connectivity index (χ4v) is 5.27. The van der Waals surface area contributed by atoms with Crippen molar-refractivity contribution in [2.45, 2.75) is 13.0 Å². The van der Waals surface area contributed by atoms with Gasteiger partial charge in [0, 0.05) is 11.8 Å². The Hall–Kier alpha value is -4.28. The van der Waals surface area contributed by atoms with Gasteiger partial charge < -0.3 is 14.9 Å². The van der Waals surface area contributed by atoms with Crippen LogP contribution in [0, 0.1) is 0 Å². The number of thiazole rings is 1. The van der Waals surface area contributed by atoms with Gasteiger partial charge in [-0.3, -0.25) is 19.5 Å². The number of halogens is 1. The number of ketones is 1. The lowest BCUT2D eigenvalue weighted by Crippen LogP contribution is -2.29. The number of aromatic nitrogens is 2. The van der Waals surface area contributed by atoms with Crippen LogP contribution in [0.5, 0.6) is 5.75 Å². The fourth-order valence-electron chi connectivity index (χ4n) is 4.07. The third kappa shape index (κ3) is 4.30.